The third-order valence-electron chi connectivity index (χ3n) is 2.84. The molecule has 0 aliphatic rings. The topological polar surface area (TPSA) is 123 Å². The Morgan fingerprint density at radius 3 is 2.75 bits per heavy atom. The summed E-state index contributed by atoms with van der Waals surface area (Å²) in [6.45, 7) is 4.18. The number of amides is 1. The van der Waals surface area contributed by atoms with Crippen LogP contribution < -0.4 is 11.1 Å². The maximum Gasteiger partial charge on any atom is 0.358 e. The number of hydrogen-bond acceptors (Lipinski definition) is 5. The monoisotopic (exact) mass is 283 g/mol. The van der Waals surface area contributed by atoms with Gasteiger partial charge in [-0.3, -0.25) is 4.79 Å². The van der Waals surface area contributed by atoms with Crippen LogP contribution in [0.2, 0.25) is 0 Å². The van der Waals surface area contributed by atoms with Gasteiger partial charge < -0.3 is 16.2 Å². The maximum absolute atomic E-state index is 11.9. The Morgan fingerprint density at radius 1 is 1.50 bits per heavy atom. The molecule has 4 N–H and O–H groups in total. The highest BCUT2D eigenvalue weighted by molar-refractivity contribution is 5.86. The normalized spacial score (nSPS) is 12.2. The average molecular weight is 283 g/mol. The molecule has 0 spiro atoms. The molecule has 0 aliphatic carbocycles. The van der Waals surface area contributed by atoms with Crippen molar-refractivity contribution in [1.29, 1.82) is 0 Å². The van der Waals surface area contributed by atoms with Gasteiger partial charge in [-0.15, -0.1) is 5.10 Å². The molecule has 112 valence electrons. The van der Waals surface area contributed by atoms with Crippen molar-refractivity contribution >= 4 is 11.9 Å². The van der Waals surface area contributed by atoms with Crippen molar-refractivity contribution in [2.75, 3.05) is 6.54 Å². The predicted octanol–water partition coefficient (Wildman–Crippen LogP) is -0.218. The van der Waals surface area contributed by atoms with Crippen LogP contribution in [-0.4, -0.2) is 44.6 Å². The van der Waals surface area contributed by atoms with E-state index in [0.29, 0.717) is 12.1 Å². The third kappa shape index (κ3) is 4.30. The predicted molar refractivity (Wildman–Crippen MR) is 72.3 cm³/mol. The minimum absolute atomic E-state index is 0.0519. The summed E-state index contributed by atoms with van der Waals surface area (Å²) in [5.74, 6) is -1.38. The van der Waals surface area contributed by atoms with Gasteiger partial charge in [-0.1, -0.05) is 18.6 Å². The van der Waals surface area contributed by atoms with Crippen molar-refractivity contribution in [1.82, 2.24) is 20.3 Å². The van der Waals surface area contributed by atoms with Gasteiger partial charge in [0.05, 0.1) is 5.69 Å². The fraction of sp³-hybridized carbons (Fsp3) is 0.667. The molecule has 1 unspecified atom stereocenters. The number of nitrogens with two attached hydrogens (primary N) is 1. The number of carboxylic acids is 1. The van der Waals surface area contributed by atoms with E-state index < -0.39 is 5.97 Å². The number of carboxylic acid groups (broad SMARTS) is 1. The lowest BCUT2D eigenvalue weighted by Crippen LogP contribution is -2.35. The van der Waals surface area contributed by atoms with Crippen LogP contribution in [0.25, 0.3) is 0 Å². The molecule has 1 heterocycles. The van der Waals surface area contributed by atoms with Crippen LogP contribution in [0.1, 0.15) is 42.9 Å². The lowest BCUT2D eigenvalue weighted by Gasteiger charge is -2.13. The Bertz CT molecular complexity index is 472. The molecule has 8 heteroatoms. The van der Waals surface area contributed by atoms with Crippen LogP contribution in [0.4, 0.5) is 0 Å². The Labute approximate surface area is 117 Å². The summed E-state index contributed by atoms with van der Waals surface area (Å²) in [6.07, 6.45) is 2.18. The molecular weight excluding hydrogens is 262 g/mol. The molecule has 1 aromatic heterocycles. The van der Waals surface area contributed by atoms with Gasteiger partial charge in [-0.25, -0.2) is 9.48 Å². The summed E-state index contributed by atoms with van der Waals surface area (Å²) in [5, 5.41) is 19.1. The molecule has 0 saturated carbocycles. The van der Waals surface area contributed by atoms with Crippen molar-refractivity contribution in [2.45, 2.75) is 45.7 Å². The number of nitrogens with zero attached hydrogens (tertiary/aromatic N) is 3. The van der Waals surface area contributed by atoms with Crippen LogP contribution in [-0.2, 0) is 17.8 Å². The smallest absolute Gasteiger partial charge is 0.358 e. The molecule has 8 nitrogen and oxygen atoms in total. The first kappa shape index (κ1) is 16.1. The largest absolute Gasteiger partial charge is 0.476 e. The van der Waals surface area contributed by atoms with E-state index in [0.717, 1.165) is 12.8 Å². The molecule has 20 heavy (non-hydrogen) atoms. The van der Waals surface area contributed by atoms with E-state index in [-0.39, 0.29) is 30.7 Å². The average Bonchev–Trinajstić information content (AvgIpc) is 2.73. The van der Waals surface area contributed by atoms with Gasteiger partial charge in [-0.2, -0.15) is 0 Å². The zero-order valence-corrected chi connectivity index (χ0v) is 11.8. The molecule has 0 aromatic carbocycles. The second-order valence-electron chi connectivity index (χ2n) is 4.64. The molecule has 0 radical (unpaired) electrons. The van der Waals surface area contributed by atoms with E-state index >= 15 is 0 Å². The van der Waals surface area contributed by atoms with E-state index in [1.807, 2.05) is 13.8 Å². The van der Waals surface area contributed by atoms with Gasteiger partial charge >= 0.3 is 5.97 Å². The zero-order chi connectivity index (χ0) is 15.1. The first-order valence-electron chi connectivity index (χ1n) is 6.64. The van der Waals surface area contributed by atoms with Crippen molar-refractivity contribution in [2.24, 2.45) is 5.73 Å². The first-order valence-corrected chi connectivity index (χ1v) is 6.64. The van der Waals surface area contributed by atoms with E-state index in [1.54, 1.807) is 0 Å². The fourth-order valence-electron chi connectivity index (χ4n) is 1.97. The summed E-state index contributed by atoms with van der Waals surface area (Å²) in [4.78, 5) is 22.9. The quantitative estimate of drug-likeness (QED) is 0.606. The van der Waals surface area contributed by atoms with Gasteiger partial charge in [0, 0.05) is 12.5 Å². The molecular formula is C12H21N5O3. The van der Waals surface area contributed by atoms with Crippen LogP contribution in [0, 0.1) is 0 Å². The highest BCUT2D eigenvalue weighted by Gasteiger charge is 2.20. The Kier molecular flexibility index (Phi) is 6.10. The SMILES string of the molecule is CCCC(C)NC(=O)Cn1nnc(C(=O)O)c1CCN. The number of aromatic nitrogens is 3. The summed E-state index contributed by atoms with van der Waals surface area (Å²) < 4.78 is 1.30. The molecule has 1 atom stereocenters. The molecule has 1 rings (SSSR count). The number of hydrogen-bond donors (Lipinski definition) is 3. The van der Waals surface area contributed by atoms with E-state index in [4.69, 9.17) is 10.8 Å². The number of rotatable bonds is 8. The summed E-state index contributed by atoms with van der Waals surface area (Å²) >= 11 is 0. The molecule has 0 saturated heterocycles. The van der Waals surface area contributed by atoms with Gasteiger partial charge in [-0.05, 0) is 19.9 Å². The second kappa shape index (κ2) is 7.59. The molecule has 0 bridgehead atoms. The standard InChI is InChI=1S/C12H21N5O3/c1-3-4-8(2)14-10(18)7-17-9(5-6-13)11(12(19)20)15-16-17/h8H,3-7,13H2,1-2H3,(H,14,18)(H,19,20). The summed E-state index contributed by atoms with van der Waals surface area (Å²) in [6, 6.07) is 0.0768. The van der Waals surface area contributed by atoms with Crippen molar-refractivity contribution in [3.05, 3.63) is 11.4 Å². The lowest BCUT2D eigenvalue weighted by atomic mass is 10.2. The number of nitrogens with one attached hydrogen (secondary N) is 1. The molecule has 1 amide bonds. The van der Waals surface area contributed by atoms with Crippen molar-refractivity contribution in [3.8, 4) is 0 Å². The van der Waals surface area contributed by atoms with Gasteiger partial charge in [0.2, 0.25) is 5.91 Å². The number of carbonyl (C=O) groups excluding carboxylic acids is 1. The number of carbonyl (C=O) groups is 2. The maximum atomic E-state index is 11.9. The zero-order valence-electron chi connectivity index (χ0n) is 11.8. The third-order valence-corrected chi connectivity index (χ3v) is 2.84. The first-order chi connectivity index (χ1) is 9.49. The molecule has 1 aromatic rings. The van der Waals surface area contributed by atoms with Gasteiger partial charge in [0.25, 0.3) is 0 Å². The van der Waals surface area contributed by atoms with Crippen LogP contribution in [0.15, 0.2) is 0 Å². The van der Waals surface area contributed by atoms with Gasteiger partial charge in [0.1, 0.15) is 6.54 Å². The van der Waals surface area contributed by atoms with Gasteiger partial charge in [0.15, 0.2) is 5.69 Å². The number of aromatic carboxylic acids is 1. The minimum atomic E-state index is -1.17. The van der Waals surface area contributed by atoms with E-state index in [9.17, 15) is 9.59 Å². The second-order valence-corrected chi connectivity index (χ2v) is 4.64. The summed E-state index contributed by atoms with van der Waals surface area (Å²) in [5.41, 5.74) is 5.67. The van der Waals surface area contributed by atoms with Crippen molar-refractivity contribution < 1.29 is 14.7 Å². The Hall–Kier alpha value is -1.96. The van der Waals surface area contributed by atoms with Crippen LogP contribution >= 0.6 is 0 Å². The van der Waals surface area contributed by atoms with Crippen molar-refractivity contribution in [3.63, 3.8) is 0 Å². The molecule has 0 fully saturated rings. The van der Waals surface area contributed by atoms with Crippen LogP contribution in [0.5, 0.6) is 0 Å². The van der Waals surface area contributed by atoms with E-state index in [2.05, 4.69) is 15.6 Å². The fourth-order valence-corrected chi connectivity index (χ4v) is 1.97. The molecule has 0 aliphatic heterocycles. The highest BCUT2D eigenvalue weighted by atomic mass is 16.4. The summed E-state index contributed by atoms with van der Waals surface area (Å²) in [7, 11) is 0. The highest BCUT2D eigenvalue weighted by Crippen LogP contribution is 2.06. The lowest BCUT2D eigenvalue weighted by molar-refractivity contribution is -0.122. The van der Waals surface area contributed by atoms with E-state index in [1.165, 1.54) is 4.68 Å². The Morgan fingerprint density at radius 2 is 2.20 bits per heavy atom. The minimum Gasteiger partial charge on any atom is -0.476 e. The Balaban J connectivity index is 2.76. The van der Waals surface area contributed by atoms with Crippen LogP contribution in [0.3, 0.4) is 0 Å².